The number of morpholine rings is 3. The van der Waals surface area contributed by atoms with Crippen LogP contribution in [0.1, 0.15) is 61.0 Å². The number of alkyl halides is 3. The number of hydrogen-bond donors (Lipinski definition) is 7. The summed E-state index contributed by atoms with van der Waals surface area (Å²) in [6.45, 7) is 14.7. The lowest BCUT2D eigenvalue weighted by molar-refractivity contribution is -0.323. The molecule has 110 heavy (non-hydrogen) atoms. The minimum absolute atomic E-state index is 0. The van der Waals surface area contributed by atoms with Crippen molar-refractivity contribution in [3.8, 4) is 0 Å². The number of carbonyl (C=O) groups is 12. The zero-order valence-corrected chi connectivity index (χ0v) is 61.7. The van der Waals surface area contributed by atoms with Crippen molar-refractivity contribution in [2.24, 2.45) is 17.8 Å². The monoisotopic (exact) mass is 1610 g/mol. The van der Waals surface area contributed by atoms with Crippen molar-refractivity contribution in [1.82, 2.24) is 47.4 Å². The van der Waals surface area contributed by atoms with Crippen molar-refractivity contribution >= 4 is 154 Å². The molecule has 600 valence electrons. The third-order valence-electron chi connectivity index (χ3n) is 17.6. The van der Waals surface area contributed by atoms with E-state index in [0.29, 0.717) is 54.4 Å². The van der Waals surface area contributed by atoms with Crippen LogP contribution in [0, 0.1) is 35.2 Å². The van der Waals surface area contributed by atoms with Gasteiger partial charge in [-0.2, -0.15) is 0 Å². The first kappa shape index (κ1) is 83.6. The predicted octanol–water partition coefficient (Wildman–Crippen LogP) is 5.25. The normalized spacial score (nSPS) is 24.6. The van der Waals surface area contributed by atoms with Gasteiger partial charge in [-0.1, -0.05) is 50.8 Å². The minimum atomic E-state index is -4.84. The van der Waals surface area contributed by atoms with Crippen LogP contribution in [0.5, 0.6) is 0 Å². The summed E-state index contributed by atoms with van der Waals surface area (Å²) in [5.41, 5.74) is 0.319. The number of aromatic nitrogens is 3. The van der Waals surface area contributed by atoms with Gasteiger partial charge in [-0.25, -0.2) is 13.2 Å². The van der Waals surface area contributed by atoms with Crippen LogP contribution in [-0.4, -0.2) is 235 Å². The summed E-state index contributed by atoms with van der Waals surface area (Å²) >= 11 is 2.67. The summed E-state index contributed by atoms with van der Waals surface area (Å²) in [5.74, 6) is -11.4. The van der Waals surface area contributed by atoms with Crippen molar-refractivity contribution in [1.29, 1.82) is 0 Å². The van der Waals surface area contributed by atoms with Crippen LogP contribution in [0.3, 0.4) is 0 Å². The zero-order chi connectivity index (χ0) is 79.3. The number of nitrogens with zero attached hydrogens (tertiary/aromatic N) is 6. The predicted molar refractivity (Wildman–Crippen MR) is 386 cm³/mol. The molecule has 15 rings (SSSR count). The quantitative estimate of drug-likeness (QED) is 0.0416. The first-order valence-electron chi connectivity index (χ1n) is 34.5. The summed E-state index contributed by atoms with van der Waals surface area (Å²) in [4.78, 5) is 146. The Balaban J connectivity index is 0.000000205. The SMILES string of the molecule is COC[C@H]1CN(c2noc3c(F)cc(CC4C(=O)CC(=O)NC4=O)cc23)C(=O)S1.C[C@H]1CNCCO1.C[C@H]1CNCCO1.C[C@H]1CNCCO1.O=C1CC(=O)C(Cc2cc(F)c3onc(N4C[C@H](CO)SC4=O)c3c2)C(=O)N1.O=C1CC(=O)C(Cc2cc(F)c3onc(N4C[C@H](COC(F)(F)F)SC4=O)c3c2)C(=O)N1.[HH].[HH].[HH]. The fraction of sp³-hybridized carbons (Fsp3) is 0.515. The fourth-order valence-corrected chi connectivity index (χ4v) is 15.1. The number of ether oxygens (including phenoxy) is 5. The number of Topliss-reactive ketones (excluding diaryl/α,β-unsaturated/α-hetero) is 3. The molecule has 0 radical (unpaired) electrons. The number of amides is 9. The largest absolute Gasteiger partial charge is 0.522 e. The van der Waals surface area contributed by atoms with Gasteiger partial charge in [-0.15, -0.1) is 13.2 Å². The lowest BCUT2D eigenvalue weighted by Crippen LogP contribution is -2.46. The molecule has 0 saturated carbocycles. The van der Waals surface area contributed by atoms with Crippen molar-refractivity contribution in [3.05, 3.63) is 70.5 Å². The number of thioether (sulfide) groups is 3. The Labute approximate surface area is 637 Å². The van der Waals surface area contributed by atoms with Gasteiger partial charge in [0.1, 0.15) is 17.8 Å². The number of imide groups is 3. The molecule has 12 heterocycles. The number of hydrogen-bond acceptors (Lipinski definition) is 30. The number of methoxy groups -OCH3 is 1. The van der Waals surface area contributed by atoms with Crippen LogP contribution in [0.2, 0.25) is 0 Å². The molecule has 9 atom stereocenters. The molecule has 0 aliphatic carbocycles. The fourth-order valence-electron chi connectivity index (χ4n) is 12.3. The molecule has 3 unspecified atom stereocenters. The topological polar surface area (TPSA) is 431 Å². The number of anilines is 3. The van der Waals surface area contributed by atoms with E-state index in [1.54, 1.807) is 6.07 Å². The molecule has 0 spiro atoms. The Morgan fingerprint density at radius 2 is 0.800 bits per heavy atom. The number of fused-ring (bicyclic) bond motifs is 3. The first-order valence-corrected chi connectivity index (χ1v) is 37.1. The van der Waals surface area contributed by atoms with E-state index in [0.717, 1.165) is 106 Å². The summed E-state index contributed by atoms with van der Waals surface area (Å²) in [6.07, 6.45) is -5.22. The van der Waals surface area contributed by atoms with Crippen LogP contribution < -0.4 is 46.6 Å². The third kappa shape index (κ3) is 21.8. The lowest BCUT2D eigenvalue weighted by atomic mass is 9.89. The van der Waals surface area contributed by atoms with Crippen LogP contribution in [0.4, 0.5) is 58.2 Å². The molecule has 9 aliphatic heterocycles. The second-order valence-electron chi connectivity index (χ2n) is 26.2. The third-order valence-corrected chi connectivity index (χ3v) is 20.8. The van der Waals surface area contributed by atoms with E-state index in [1.807, 2.05) is 5.32 Å². The maximum atomic E-state index is 14.6. The van der Waals surface area contributed by atoms with Gasteiger partial charge in [0.15, 0.2) is 52.3 Å². The number of aliphatic hydroxyl groups excluding tert-OH is 1. The molecule has 9 amide bonds. The molecular weight excluding hydrogens is 1530 g/mol. The van der Waals surface area contributed by atoms with Crippen molar-refractivity contribution in [2.75, 3.05) is 120 Å². The van der Waals surface area contributed by atoms with Crippen molar-refractivity contribution in [3.63, 3.8) is 0 Å². The Bertz CT molecular complexity index is 4380. The second-order valence-corrected chi connectivity index (χ2v) is 30.0. The van der Waals surface area contributed by atoms with Gasteiger partial charge in [0.05, 0.1) is 109 Å². The number of rotatable bonds is 14. The Morgan fingerprint density at radius 3 is 1.05 bits per heavy atom. The molecule has 0 bridgehead atoms. The summed E-state index contributed by atoms with van der Waals surface area (Å²) in [5, 5.41) is 34.5. The lowest BCUT2D eigenvalue weighted by Gasteiger charge is -2.19. The number of halogens is 6. The molecule has 9 saturated heterocycles. The van der Waals surface area contributed by atoms with Crippen LogP contribution in [0.15, 0.2) is 50.0 Å². The number of piperidine rings is 3. The summed E-state index contributed by atoms with van der Waals surface area (Å²) < 4.78 is 120. The molecule has 3 aromatic carbocycles. The number of aliphatic hydroxyl groups is 1. The average Bonchev–Trinajstić information content (AvgIpc) is 1.65. The standard InChI is InChI=1S/C18H13F4N3O6S.C18H16FN3O6S.C17H14FN3O6S.3C5H11NO.3H2/c19-11-3-7(1-9-12(26)4-13(27)23-16(9)28)2-10-14(11)31-24-15(10)25-5-8(32-17(25)29)6-30-18(20,21)22;1-27-7-9-6-22(18(26)29-9)16-11-3-8(4-12(19)15(11)28-21-16)2-10-13(23)5-14(24)20-17(10)25;18-11-3-7(1-9-12(23)4-13(24)19-16(9)25)2-10-14(11)27-20-15(10)21-5-8(6-22)28-17(21)26;3*1-5-4-6-2-3-7-5;;;/h2-3,8-9H,1,4-6H2,(H,23,27,28);3-4,9-10H,2,5-7H2,1H3,(H,20,24,25);2-3,8-9,22H,1,4-6H2,(H,19,24,25);3*5-6H,2-4H2,1H3;3*1H/t8-,9?;9-,10?;8-,9?;3*5-;;;/m111000.../s1. The first-order chi connectivity index (χ1) is 52.4. The highest BCUT2D eigenvalue weighted by atomic mass is 32.2. The van der Waals surface area contributed by atoms with Gasteiger partial charge in [-0.3, -0.25) is 92.9 Å². The minimum Gasteiger partial charge on any atom is -0.395 e. The maximum Gasteiger partial charge on any atom is 0.522 e. The van der Waals surface area contributed by atoms with Crippen LogP contribution in [0.25, 0.3) is 32.9 Å². The van der Waals surface area contributed by atoms with Crippen LogP contribution >= 0.6 is 35.3 Å². The van der Waals surface area contributed by atoms with E-state index in [1.165, 1.54) is 29.0 Å². The van der Waals surface area contributed by atoms with E-state index >= 15 is 0 Å². The van der Waals surface area contributed by atoms with E-state index in [9.17, 15) is 89.0 Å². The van der Waals surface area contributed by atoms with Gasteiger partial charge in [-0.05, 0) is 93.1 Å². The summed E-state index contributed by atoms with van der Waals surface area (Å²) in [6, 6.07) is 7.75. The molecule has 33 nitrogen and oxygen atoms in total. The highest BCUT2D eigenvalue weighted by molar-refractivity contribution is 8.15. The van der Waals surface area contributed by atoms with Crippen molar-refractivity contribution < 1.29 is 131 Å². The van der Waals surface area contributed by atoms with Gasteiger partial charge in [0.25, 0.3) is 15.7 Å². The number of ketones is 3. The molecule has 3 aromatic heterocycles. The maximum absolute atomic E-state index is 14.6. The number of benzene rings is 3. The molecule has 7 N–H and O–H groups in total. The zero-order valence-electron chi connectivity index (χ0n) is 59.3. The number of nitrogens with one attached hydrogen (secondary N) is 6. The van der Waals surface area contributed by atoms with Crippen molar-refractivity contribution in [2.45, 2.75) is 99.7 Å². The molecular formula is C68H82F6N12O21S3. The Morgan fingerprint density at radius 1 is 0.491 bits per heavy atom. The van der Waals surface area contributed by atoms with E-state index < -0.39 is 124 Å². The molecule has 9 fully saturated rings. The van der Waals surface area contributed by atoms with E-state index in [2.05, 4.69) is 67.6 Å². The molecule has 6 aromatic rings. The summed E-state index contributed by atoms with van der Waals surface area (Å²) in [7, 11) is 1.54. The molecule has 42 heteroatoms. The van der Waals surface area contributed by atoms with Gasteiger partial charge in [0.2, 0.25) is 52.2 Å². The number of carbonyl (C=O) groups excluding carboxylic acids is 12. The highest BCUT2D eigenvalue weighted by Gasteiger charge is 2.42. The Hall–Kier alpha value is -8.82. The van der Waals surface area contributed by atoms with Gasteiger partial charge < -0.3 is 53.6 Å². The van der Waals surface area contributed by atoms with E-state index in [-0.39, 0.29) is 127 Å². The Kier molecular flexibility index (Phi) is 28.8. The average molecular weight is 1610 g/mol. The molecule has 9 aliphatic rings. The van der Waals surface area contributed by atoms with E-state index in [4.69, 9.17) is 32.5 Å². The van der Waals surface area contributed by atoms with Crippen LogP contribution in [-0.2, 0) is 86.1 Å². The van der Waals surface area contributed by atoms with Gasteiger partial charge in [0, 0.05) is 70.3 Å². The smallest absolute Gasteiger partial charge is 0.395 e. The highest BCUT2D eigenvalue weighted by Crippen LogP contribution is 2.40. The van der Waals surface area contributed by atoms with Gasteiger partial charge >= 0.3 is 6.36 Å². The second kappa shape index (κ2) is 37.9.